The number of benzene rings is 1. The van der Waals surface area contributed by atoms with Crippen LogP contribution in [-0.4, -0.2) is 30.2 Å². The zero-order valence-electron chi connectivity index (χ0n) is 11.1. The van der Waals surface area contributed by atoms with E-state index in [0.717, 1.165) is 24.6 Å². The highest BCUT2D eigenvalue weighted by molar-refractivity contribution is 5.92. The fourth-order valence-corrected chi connectivity index (χ4v) is 1.41. The Balaban J connectivity index is 2.63. The summed E-state index contributed by atoms with van der Waals surface area (Å²) in [5, 5.41) is 11.0. The molecule has 20 heavy (non-hydrogen) atoms. The molecular formula is C14H16FNO4. The Bertz CT molecular complexity index is 514. The number of nitrogens with one attached hydrogen (secondary N) is 1. The lowest BCUT2D eigenvalue weighted by atomic mass is 10.1. The number of amides is 1. The predicted molar refractivity (Wildman–Crippen MR) is 72.8 cm³/mol. The number of carbonyl (C=O) groups excluding carboxylic acids is 1. The SMILES string of the molecule is CCCOCC(=O)Nc1ccc(/C=C/C(=O)O)c(F)c1. The Morgan fingerprint density at radius 1 is 1.45 bits per heavy atom. The van der Waals surface area contributed by atoms with Crippen LogP contribution >= 0.6 is 0 Å². The molecule has 0 saturated heterocycles. The average molecular weight is 281 g/mol. The molecule has 0 aliphatic rings. The summed E-state index contributed by atoms with van der Waals surface area (Å²) in [7, 11) is 0. The van der Waals surface area contributed by atoms with E-state index < -0.39 is 11.8 Å². The standard InChI is InChI=1S/C14H16FNO4/c1-2-7-20-9-13(17)16-11-5-3-10(12(15)8-11)4-6-14(18)19/h3-6,8H,2,7,9H2,1H3,(H,16,17)(H,18,19)/b6-4+. The molecule has 0 bridgehead atoms. The van der Waals surface area contributed by atoms with Crippen molar-refractivity contribution >= 4 is 23.6 Å². The smallest absolute Gasteiger partial charge is 0.328 e. The van der Waals surface area contributed by atoms with Gasteiger partial charge in [0.05, 0.1) is 0 Å². The molecule has 0 unspecified atom stereocenters. The van der Waals surface area contributed by atoms with Crippen LogP contribution in [0.4, 0.5) is 10.1 Å². The Labute approximate surface area is 116 Å². The van der Waals surface area contributed by atoms with Crippen molar-refractivity contribution in [1.29, 1.82) is 0 Å². The summed E-state index contributed by atoms with van der Waals surface area (Å²) in [6.45, 7) is 2.33. The van der Waals surface area contributed by atoms with E-state index in [1.165, 1.54) is 12.1 Å². The predicted octanol–water partition coefficient (Wildman–Crippen LogP) is 2.29. The van der Waals surface area contributed by atoms with Crippen LogP contribution < -0.4 is 5.32 Å². The van der Waals surface area contributed by atoms with Crippen molar-refractivity contribution in [3.63, 3.8) is 0 Å². The van der Waals surface area contributed by atoms with E-state index in [0.29, 0.717) is 12.3 Å². The van der Waals surface area contributed by atoms with Gasteiger partial charge in [-0.1, -0.05) is 6.92 Å². The van der Waals surface area contributed by atoms with Crippen molar-refractivity contribution in [3.8, 4) is 0 Å². The molecule has 0 saturated carbocycles. The quantitative estimate of drug-likeness (QED) is 0.594. The van der Waals surface area contributed by atoms with Gasteiger partial charge in [-0.3, -0.25) is 4.79 Å². The van der Waals surface area contributed by atoms with Gasteiger partial charge in [0.15, 0.2) is 0 Å². The molecule has 1 amide bonds. The van der Waals surface area contributed by atoms with Gasteiger partial charge in [0, 0.05) is 23.9 Å². The molecule has 1 rings (SSSR count). The van der Waals surface area contributed by atoms with Gasteiger partial charge in [0.2, 0.25) is 5.91 Å². The monoisotopic (exact) mass is 281 g/mol. The van der Waals surface area contributed by atoms with Crippen LogP contribution in [0.15, 0.2) is 24.3 Å². The molecule has 0 heterocycles. The first-order valence-corrected chi connectivity index (χ1v) is 6.11. The van der Waals surface area contributed by atoms with E-state index in [4.69, 9.17) is 9.84 Å². The average Bonchev–Trinajstić information content (AvgIpc) is 2.38. The van der Waals surface area contributed by atoms with E-state index in [1.54, 1.807) is 0 Å². The number of halogens is 1. The largest absolute Gasteiger partial charge is 0.478 e. The number of carboxylic acid groups (broad SMARTS) is 1. The summed E-state index contributed by atoms with van der Waals surface area (Å²) in [5.41, 5.74) is 0.424. The molecular weight excluding hydrogens is 265 g/mol. The van der Waals surface area contributed by atoms with E-state index >= 15 is 0 Å². The molecule has 0 atom stereocenters. The number of carbonyl (C=O) groups is 2. The second-order valence-electron chi connectivity index (χ2n) is 4.01. The maximum Gasteiger partial charge on any atom is 0.328 e. The lowest BCUT2D eigenvalue weighted by Crippen LogP contribution is -2.18. The van der Waals surface area contributed by atoms with Crippen LogP contribution in [0.3, 0.4) is 0 Å². The van der Waals surface area contributed by atoms with Gasteiger partial charge in [0.25, 0.3) is 0 Å². The lowest BCUT2D eigenvalue weighted by molar-refractivity contribution is -0.131. The molecule has 0 spiro atoms. The van der Waals surface area contributed by atoms with Crippen molar-refractivity contribution in [1.82, 2.24) is 0 Å². The number of ether oxygens (including phenoxy) is 1. The maximum absolute atomic E-state index is 13.6. The number of rotatable bonds is 7. The van der Waals surface area contributed by atoms with Crippen LogP contribution in [0.1, 0.15) is 18.9 Å². The molecule has 2 N–H and O–H groups in total. The Hall–Kier alpha value is -2.21. The minimum absolute atomic E-state index is 0.0872. The third-order valence-corrected chi connectivity index (χ3v) is 2.27. The number of aliphatic carboxylic acids is 1. The van der Waals surface area contributed by atoms with E-state index in [1.807, 2.05) is 6.92 Å². The minimum Gasteiger partial charge on any atom is -0.478 e. The Kier molecular flexibility index (Phi) is 6.39. The van der Waals surface area contributed by atoms with Gasteiger partial charge in [0.1, 0.15) is 12.4 Å². The summed E-state index contributed by atoms with van der Waals surface area (Å²) in [6, 6.07) is 4.00. The summed E-state index contributed by atoms with van der Waals surface area (Å²) >= 11 is 0. The molecule has 0 fully saturated rings. The van der Waals surface area contributed by atoms with Crippen molar-refractivity contribution in [2.75, 3.05) is 18.5 Å². The summed E-state index contributed by atoms with van der Waals surface area (Å²) in [6.07, 6.45) is 2.80. The van der Waals surface area contributed by atoms with E-state index in [2.05, 4.69) is 5.32 Å². The number of anilines is 1. The molecule has 0 aliphatic carbocycles. The van der Waals surface area contributed by atoms with Crippen LogP contribution in [0.5, 0.6) is 0 Å². The van der Waals surface area contributed by atoms with E-state index in [-0.39, 0.29) is 18.1 Å². The first kappa shape index (κ1) is 15.8. The van der Waals surface area contributed by atoms with Crippen LogP contribution in [-0.2, 0) is 14.3 Å². The minimum atomic E-state index is -1.16. The van der Waals surface area contributed by atoms with Gasteiger partial charge < -0.3 is 15.2 Å². The third kappa shape index (κ3) is 5.62. The highest BCUT2D eigenvalue weighted by atomic mass is 19.1. The van der Waals surface area contributed by atoms with Gasteiger partial charge in [-0.2, -0.15) is 0 Å². The van der Waals surface area contributed by atoms with Gasteiger partial charge in [-0.05, 0) is 30.7 Å². The number of hydrogen-bond donors (Lipinski definition) is 2. The molecule has 1 aromatic rings. The maximum atomic E-state index is 13.6. The fraction of sp³-hybridized carbons (Fsp3) is 0.286. The van der Waals surface area contributed by atoms with E-state index in [9.17, 15) is 14.0 Å². The lowest BCUT2D eigenvalue weighted by Gasteiger charge is -2.06. The molecule has 5 nitrogen and oxygen atoms in total. The highest BCUT2D eigenvalue weighted by Crippen LogP contribution is 2.15. The number of carboxylic acids is 1. The zero-order valence-corrected chi connectivity index (χ0v) is 11.1. The normalized spacial score (nSPS) is 10.7. The zero-order chi connectivity index (χ0) is 15.0. The van der Waals surface area contributed by atoms with Crippen LogP contribution in [0, 0.1) is 5.82 Å². The summed E-state index contributed by atoms with van der Waals surface area (Å²) in [5.74, 6) is -2.14. The second-order valence-corrected chi connectivity index (χ2v) is 4.01. The van der Waals surface area contributed by atoms with Gasteiger partial charge in [-0.15, -0.1) is 0 Å². The molecule has 0 aromatic heterocycles. The van der Waals surface area contributed by atoms with Crippen molar-refractivity contribution in [2.45, 2.75) is 13.3 Å². The van der Waals surface area contributed by atoms with Crippen LogP contribution in [0.25, 0.3) is 6.08 Å². The Morgan fingerprint density at radius 3 is 2.80 bits per heavy atom. The first-order chi connectivity index (χ1) is 9.52. The van der Waals surface area contributed by atoms with Crippen molar-refractivity contribution in [2.24, 2.45) is 0 Å². The molecule has 0 radical (unpaired) electrons. The topological polar surface area (TPSA) is 75.6 Å². The van der Waals surface area contributed by atoms with Gasteiger partial charge >= 0.3 is 5.97 Å². The fourth-order valence-electron chi connectivity index (χ4n) is 1.41. The molecule has 0 aliphatic heterocycles. The molecule has 1 aromatic carbocycles. The van der Waals surface area contributed by atoms with Crippen LogP contribution in [0.2, 0.25) is 0 Å². The molecule has 6 heteroatoms. The number of hydrogen-bond acceptors (Lipinski definition) is 3. The molecule has 108 valence electrons. The van der Waals surface area contributed by atoms with Crippen molar-refractivity contribution in [3.05, 3.63) is 35.7 Å². The summed E-state index contributed by atoms with van der Waals surface area (Å²) < 4.78 is 18.7. The first-order valence-electron chi connectivity index (χ1n) is 6.11. The second kappa shape index (κ2) is 8.06. The van der Waals surface area contributed by atoms with Gasteiger partial charge in [-0.25, -0.2) is 9.18 Å². The Morgan fingerprint density at radius 2 is 2.20 bits per heavy atom. The third-order valence-electron chi connectivity index (χ3n) is 2.27. The highest BCUT2D eigenvalue weighted by Gasteiger charge is 2.05. The van der Waals surface area contributed by atoms with Crippen molar-refractivity contribution < 1.29 is 23.8 Å². The summed E-state index contributed by atoms with van der Waals surface area (Å²) in [4.78, 5) is 21.8.